The van der Waals surface area contributed by atoms with E-state index < -0.39 is 41.1 Å². The van der Waals surface area contributed by atoms with E-state index in [2.05, 4.69) is 5.16 Å². The molecule has 140 valence electrons. The summed E-state index contributed by atoms with van der Waals surface area (Å²) < 4.78 is 49.9. The van der Waals surface area contributed by atoms with Gasteiger partial charge in [-0.1, -0.05) is 19.0 Å². The Morgan fingerprint density at radius 3 is 2.42 bits per heavy atom. The first-order valence-corrected chi connectivity index (χ1v) is 7.75. The number of ether oxygens (including phenoxy) is 1. The predicted octanol–water partition coefficient (Wildman–Crippen LogP) is 3.71. The Bertz CT molecular complexity index is 849. The first kappa shape index (κ1) is 19.5. The smallest absolute Gasteiger partial charge is 0.344 e. The van der Waals surface area contributed by atoms with Crippen LogP contribution in [0.1, 0.15) is 48.5 Å². The molecular formula is C17H17F3N2O4. The maximum atomic E-state index is 13.6. The summed E-state index contributed by atoms with van der Waals surface area (Å²) in [4.78, 5) is 24.4. The SMILES string of the molecule is Cc1noc(C(C)C)c1C(=O)O[C@@H](C)C(=O)Nc1ccc(F)c(F)c1F. The monoisotopic (exact) mass is 370 g/mol. The van der Waals surface area contributed by atoms with Gasteiger partial charge in [-0.2, -0.15) is 0 Å². The molecule has 2 rings (SSSR count). The standard InChI is InChI=1S/C17H17F3N2O4/c1-7(2)15-12(8(3)22-26-15)17(24)25-9(4)16(23)21-11-6-5-10(18)13(19)14(11)20/h5-7,9H,1-4H3,(H,21,23)/t9-/m0/s1. The highest BCUT2D eigenvalue weighted by molar-refractivity contribution is 5.98. The van der Waals surface area contributed by atoms with E-state index in [-0.39, 0.29) is 11.5 Å². The number of carbonyl (C=O) groups excluding carboxylic acids is 2. The lowest BCUT2D eigenvalue weighted by Crippen LogP contribution is -2.30. The second-order valence-electron chi connectivity index (χ2n) is 5.92. The molecule has 0 aliphatic rings. The lowest BCUT2D eigenvalue weighted by molar-refractivity contribution is -0.123. The fourth-order valence-electron chi connectivity index (χ4n) is 2.16. The summed E-state index contributed by atoms with van der Waals surface area (Å²) in [6.45, 7) is 6.38. The van der Waals surface area contributed by atoms with E-state index in [1.165, 1.54) is 6.92 Å². The van der Waals surface area contributed by atoms with Crippen LogP contribution in [0.25, 0.3) is 0 Å². The van der Waals surface area contributed by atoms with Crippen molar-refractivity contribution < 1.29 is 32.0 Å². The first-order chi connectivity index (χ1) is 12.1. The van der Waals surface area contributed by atoms with E-state index in [0.717, 1.165) is 6.07 Å². The second-order valence-corrected chi connectivity index (χ2v) is 5.92. The largest absolute Gasteiger partial charge is 0.449 e. The zero-order valence-corrected chi connectivity index (χ0v) is 14.5. The van der Waals surface area contributed by atoms with E-state index in [4.69, 9.17) is 9.26 Å². The molecule has 2 aromatic rings. The maximum Gasteiger partial charge on any atom is 0.344 e. The minimum Gasteiger partial charge on any atom is -0.449 e. The molecule has 0 aliphatic heterocycles. The van der Waals surface area contributed by atoms with Crippen LogP contribution in [-0.4, -0.2) is 23.1 Å². The predicted molar refractivity (Wildman–Crippen MR) is 85.2 cm³/mol. The molecule has 1 N–H and O–H groups in total. The molecule has 1 amide bonds. The highest BCUT2D eigenvalue weighted by Gasteiger charge is 2.27. The molecule has 0 fully saturated rings. The lowest BCUT2D eigenvalue weighted by atomic mass is 10.1. The van der Waals surface area contributed by atoms with Gasteiger partial charge in [0.15, 0.2) is 29.3 Å². The van der Waals surface area contributed by atoms with Gasteiger partial charge < -0.3 is 14.6 Å². The van der Waals surface area contributed by atoms with Gasteiger partial charge in [0.05, 0.1) is 11.4 Å². The third-order valence-electron chi connectivity index (χ3n) is 3.56. The van der Waals surface area contributed by atoms with Crippen LogP contribution >= 0.6 is 0 Å². The van der Waals surface area contributed by atoms with E-state index in [1.54, 1.807) is 20.8 Å². The van der Waals surface area contributed by atoms with Crippen LogP contribution in [0.2, 0.25) is 0 Å². The molecule has 0 saturated heterocycles. The molecule has 0 unspecified atom stereocenters. The van der Waals surface area contributed by atoms with Gasteiger partial charge in [0, 0.05) is 5.92 Å². The fourth-order valence-corrected chi connectivity index (χ4v) is 2.16. The van der Waals surface area contributed by atoms with Crippen molar-refractivity contribution in [3.63, 3.8) is 0 Å². The third-order valence-corrected chi connectivity index (χ3v) is 3.56. The van der Waals surface area contributed by atoms with Gasteiger partial charge in [0.25, 0.3) is 5.91 Å². The van der Waals surface area contributed by atoms with Gasteiger partial charge in [-0.05, 0) is 26.0 Å². The number of aryl methyl sites for hydroxylation is 1. The number of benzene rings is 1. The average molecular weight is 370 g/mol. The van der Waals surface area contributed by atoms with Crippen LogP contribution < -0.4 is 5.32 Å². The van der Waals surface area contributed by atoms with E-state index in [9.17, 15) is 22.8 Å². The Labute approximate surface area is 147 Å². The van der Waals surface area contributed by atoms with Gasteiger partial charge in [0.2, 0.25) is 0 Å². The molecule has 1 heterocycles. The van der Waals surface area contributed by atoms with Crippen molar-refractivity contribution in [2.45, 2.75) is 39.7 Å². The summed E-state index contributed by atoms with van der Waals surface area (Å²) in [5, 5.41) is 5.75. The van der Waals surface area contributed by atoms with Crippen molar-refractivity contribution >= 4 is 17.6 Å². The van der Waals surface area contributed by atoms with Crippen LogP contribution in [0.15, 0.2) is 16.7 Å². The van der Waals surface area contributed by atoms with Crippen LogP contribution in [-0.2, 0) is 9.53 Å². The van der Waals surface area contributed by atoms with Gasteiger partial charge in [0.1, 0.15) is 5.56 Å². The third kappa shape index (κ3) is 3.87. The van der Waals surface area contributed by atoms with Gasteiger partial charge in [-0.3, -0.25) is 4.79 Å². The summed E-state index contributed by atoms with van der Waals surface area (Å²) in [6, 6.07) is 1.53. The second kappa shape index (κ2) is 7.59. The quantitative estimate of drug-likeness (QED) is 0.641. The van der Waals surface area contributed by atoms with Crippen LogP contribution in [0.4, 0.5) is 18.9 Å². The molecule has 0 saturated carbocycles. The number of esters is 1. The number of nitrogens with zero attached hydrogens (tertiary/aromatic N) is 1. The minimum absolute atomic E-state index is 0.110. The molecule has 1 aromatic carbocycles. The molecule has 0 aliphatic carbocycles. The van der Waals surface area contributed by atoms with Crippen LogP contribution in [0.3, 0.4) is 0 Å². The number of anilines is 1. The zero-order chi connectivity index (χ0) is 19.6. The Morgan fingerprint density at radius 2 is 1.81 bits per heavy atom. The number of nitrogens with one attached hydrogen (secondary N) is 1. The van der Waals surface area contributed by atoms with E-state index in [1.807, 2.05) is 5.32 Å². The van der Waals surface area contributed by atoms with Gasteiger partial charge in [-0.15, -0.1) is 0 Å². The fraction of sp³-hybridized carbons (Fsp3) is 0.353. The molecule has 6 nitrogen and oxygen atoms in total. The number of carbonyl (C=O) groups is 2. The molecule has 0 spiro atoms. The van der Waals surface area contributed by atoms with E-state index in [0.29, 0.717) is 17.5 Å². The first-order valence-electron chi connectivity index (χ1n) is 7.75. The van der Waals surface area contributed by atoms with Crippen molar-refractivity contribution in [3.05, 3.63) is 46.6 Å². The number of halogens is 3. The molecule has 0 bridgehead atoms. The lowest BCUT2D eigenvalue weighted by Gasteiger charge is -2.14. The van der Waals surface area contributed by atoms with E-state index >= 15 is 0 Å². The summed E-state index contributed by atoms with van der Waals surface area (Å²) >= 11 is 0. The van der Waals surface area contributed by atoms with Crippen LogP contribution in [0, 0.1) is 24.4 Å². The van der Waals surface area contributed by atoms with Crippen molar-refractivity contribution in [3.8, 4) is 0 Å². The van der Waals surface area contributed by atoms with Gasteiger partial charge >= 0.3 is 5.97 Å². The highest BCUT2D eigenvalue weighted by atomic mass is 19.2. The summed E-state index contributed by atoms with van der Waals surface area (Å²) in [5.41, 5.74) is -0.155. The van der Waals surface area contributed by atoms with Crippen molar-refractivity contribution in [2.24, 2.45) is 0 Å². The molecule has 1 atom stereocenters. The Balaban J connectivity index is 2.11. The van der Waals surface area contributed by atoms with Crippen LogP contribution in [0.5, 0.6) is 0 Å². The molecular weight excluding hydrogens is 353 g/mol. The average Bonchev–Trinajstić information content (AvgIpc) is 2.97. The van der Waals surface area contributed by atoms with Crippen molar-refractivity contribution in [2.75, 3.05) is 5.32 Å². The van der Waals surface area contributed by atoms with Gasteiger partial charge in [-0.25, -0.2) is 18.0 Å². The molecule has 1 aromatic heterocycles. The summed E-state index contributed by atoms with van der Waals surface area (Å²) in [5.74, 6) is -6.22. The number of hydrogen-bond donors (Lipinski definition) is 1. The molecule has 26 heavy (non-hydrogen) atoms. The summed E-state index contributed by atoms with van der Waals surface area (Å²) in [6.07, 6.45) is -1.33. The summed E-state index contributed by atoms with van der Waals surface area (Å²) in [7, 11) is 0. The normalized spacial score (nSPS) is 12.2. The Kier molecular flexibility index (Phi) is 5.69. The number of amides is 1. The topological polar surface area (TPSA) is 81.4 Å². The van der Waals surface area contributed by atoms with Crippen molar-refractivity contribution in [1.29, 1.82) is 0 Å². The molecule has 9 heteroatoms. The molecule has 0 radical (unpaired) electrons. The minimum atomic E-state index is -1.71. The number of hydrogen-bond acceptors (Lipinski definition) is 5. The Morgan fingerprint density at radius 1 is 1.15 bits per heavy atom. The highest BCUT2D eigenvalue weighted by Crippen LogP contribution is 2.24. The number of rotatable bonds is 5. The Hall–Kier alpha value is -2.84. The maximum absolute atomic E-state index is 13.6. The zero-order valence-electron chi connectivity index (χ0n) is 14.5. The van der Waals surface area contributed by atoms with Crippen molar-refractivity contribution in [1.82, 2.24) is 5.16 Å². The number of aromatic nitrogens is 1.